The summed E-state index contributed by atoms with van der Waals surface area (Å²) in [5.74, 6) is 0.393. The monoisotopic (exact) mass is 555 g/mol. The van der Waals surface area contributed by atoms with Crippen molar-refractivity contribution in [2.45, 2.75) is 13.5 Å². The highest BCUT2D eigenvalue weighted by Gasteiger charge is 2.10. The van der Waals surface area contributed by atoms with E-state index in [1.165, 1.54) is 11.6 Å². The number of anilines is 1. The van der Waals surface area contributed by atoms with Crippen LogP contribution in [-0.2, 0) is 6.61 Å². The highest BCUT2D eigenvalue weighted by molar-refractivity contribution is 9.10. The minimum atomic E-state index is -0.467. The summed E-state index contributed by atoms with van der Waals surface area (Å²) in [7, 11) is 0. The summed E-state index contributed by atoms with van der Waals surface area (Å²) in [5, 5.41) is 9.68. The van der Waals surface area contributed by atoms with E-state index in [0.29, 0.717) is 33.7 Å². The first-order chi connectivity index (χ1) is 16.4. The Morgan fingerprint density at radius 3 is 2.47 bits per heavy atom. The van der Waals surface area contributed by atoms with E-state index in [2.05, 4.69) is 56.0 Å². The predicted molar refractivity (Wildman–Crippen MR) is 143 cm³/mol. The fraction of sp³-hybridized carbons (Fsp3) is 0.0769. The molecular formula is C26H20BrCl2N3O2. The van der Waals surface area contributed by atoms with Gasteiger partial charge in [-0.3, -0.25) is 0 Å². The van der Waals surface area contributed by atoms with E-state index >= 15 is 0 Å². The smallest absolute Gasteiger partial charge is 0.339 e. The molecular weight excluding hydrogens is 537 g/mol. The maximum Gasteiger partial charge on any atom is 0.339 e. The number of carbonyl (C=O) groups is 1. The molecule has 172 valence electrons. The number of amides is 2. The van der Waals surface area contributed by atoms with Crippen molar-refractivity contribution in [1.29, 1.82) is 0 Å². The van der Waals surface area contributed by atoms with Crippen LogP contribution in [-0.4, -0.2) is 12.2 Å². The molecule has 0 saturated carbocycles. The molecule has 0 aliphatic rings. The Labute approximate surface area is 215 Å². The second-order valence-corrected chi connectivity index (χ2v) is 9.24. The molecule has 0 spiro atoms. The zero-order chi connectivity index (χ0) is 24.1. The average Bonchev–Trinajstić information content (AvgIpc) is 2.81. The summed E-state index contributed by atoms with van der Waals surface area (Å²) in [6, 6.07) is 22.6. The van der Waals surface area contributed by atoms with Gasteiger partial charge in [-0.2, -0.15) is 5.10 Å². The molecule has 0 radical (unpaired) electrons. The summed E-state index contributed by atoms with van der Waals surface area (Å²) in [6.45, 7) is 2.27. The van der Waals surface area contributed by atoms with Crippen molar-refractivity contribution >= 4 is 67.8 Å². The zero-order valence-electron chi connectivity index (χ0n) is 18.1. The van der Waals surface area contributed by atoms with Crippen LogP contribution in [0.1, 0.15) is 16.7 Å². The van der Waals surface area contributed by atoms with E-state index < -0.39 is 6.03 Å². The lowest BCUT2D eigenvalue weighted by Crippen LogP contribution is -2.24. The van der Waals surface area contributed by atoms with Gasteiger partial charge in [-0.1, -0.05) is 75.5 Å². The van der Waals surface area contributed by atoms with Crippen molar-refractivity contribution in [2.24, 2.45) is 5.10 Å². The van der Waals surface area contributed by atoms with E-state index in [1.807, 2.05) is 37.3 Å². The third kappa shape index (κ3) is 6.08. The Bertz CT molecular complexity index is 1370. The van der Waals surface area contributed by atoms with E-state index in [0.717, 1.165) is 21.0 Å². The molecule has 0 aromatic heterocycles. The molecule has 2 N–H and O–H groups in total. The number of hydrogen-bond acceptors (Lipinski definition) is 3. The Morgan fingerprint density at radius 1 is 1.00 bits per heavy atom. The predicted octanol–water partition coefficient (Wildman–Crippen LogP) is 7.95. The number of aryl methyl sites for hydroxylation is 1. The lowest BCUT2D eigenvalue weighted by Gasteiger charge is -2.11. The van der Waals surface area contributed by atoms with E-state index in [4.69, 9.17) is 27.9 Å². The Hall–Kier alpha value is -3.06. The van der Waals surface area contributed by atoms with E-state index in [9.17, 15) is 4.79 Å². The van der Waals surface area contributed by atoms with Crippen molar-refractivity contribution in [3.05, 3.63) is 104 Å². The molecule has 0 atom stereocenters. The SMILES string of the molecule is Cc1cc(NC(=O)N/N=C/c2cc(Cl)c(OCc3ccc4ccccc4c3)c(Cl)c2)ccc1Br. The van der Waals surface area contributed by atoms with Gasteiger partial charge in [0.05, 0.1) is 16.3 Å². The van der Waals surface area contributed by atoms with E-state index in [1.54, 1.807) is 18.2 Å². The zero-order valence-corrected chi connectivity index (χ0v) is 21.2. The largest absolute Gasteiger partial charge is 0.486 e. The maximum absolute atomic E-state index is 12.1. The van der Waals surface area contributed by atoms with Crippen molar-refractivity contribution in [2.75, 3.05) is 5.32 Å². The molecule has 0 saturated heterocycles. The van der Waals surface area contributed by atoms with Gasteiger partial charge in [-0.15, -0.1) is 0 Å². The van der Waals surface area contributed by atoms with E-state index in [-0.39, 0.29) is 0 Å². The first-order valence-corrected chi connectivity index (χ1v) is 11.9. The third-order valence-corrected chi connectivity index (χ3v) is 6.46. The highest BCUT2D eigenvalue weighted by atomic mass is 79.9. The molecule has 0 heterocycles. The van der Waals surface area contributed by atoms with Gasteiger partial charge in [0.2, 0.25) is 0 Å². The molecule has 0 bridgehead atoms. The van der Waals surface area contributed by atoms with Gasteiger partial charge in [-0.25, -0.2) is 10.2 Å². The number of carbonyl (C=O) groups excluding carboxylic acids is 1. The van der Waals surface area contributed by atoms with Crippen LogP contribution < -0.4 is 15.5 Å². The summed E-state index contributed by atoms with van der Waals surface area (Å²) in [5.41, 5.74) is 5.71. The minimum Gasteiger partial charge on any atom is -0.486 e. The topological polar surface area (TPSA) is 62.7 Å². The number of fused-ring (bicyclic) bond motifs is 1. The molecule has 0 aliphatic carbocycles. The molecule has 8 heteroatoms. The first-order valence-electron chi connectivity index (χ1n) is 10.3. The van der Waals surface area contributed by atoms with Crippen LogP contribution in [0.4, 0.5) is 10.5 Å². The minimum absolute atomic E-state index is 0.328. The summed E-state index contributed by atoms with van der Waals surface area (Å²) in [6.07, 6.45) is 1.46. The number of nitrogens with zero attached hydrogens (tertiary/aromatic N) is 1. The molecule has 5 nitrogen and oxygen atoms in total. The molecule has 4 aromatic rings. The van der Waals surface area contributed by atoms with Gasteiger partial charge in [0.1, 0.15) is 6.61 Å². The number of halogens is 3. The van der Waals surface area contributed by atoms with Crippen LogP contribution in [0.25, 0.3) is 10.8 Å². The Kier molecular flexibility index (Phi) is 7.73. The molecule has 0 fully saturated rings. The van der Waals surface area contributed by atoms with Gasteiger partial charge >= 0.3 is 6.03 Å². The van der Waals surface area contributed by atoms with Crippen LogP contribution in [0.15, 0.2) is 82.4 Å². The highest BCUT2D eigenvalue weighted by Crippen LogP contribution is 2.34. The number of urea groups is 1. The lowest BCUT2D eigenvalue weighted by molar-refractivity contribution is 0.252. The molecule has 2 amide bonds. The summed E-state index contributed by atoms with van der Waals surface area (Å²) in [4.78, 5) is 12.1. The van der Waals surface area contributed by atoms with Crippen molar-refractivity contribution in [3.8, 4) is 5.75 Å². The molecule has 0 unspecified atom stereocenters. The number of hydrogen-bond donors (Lipinski definition) is 2. The Balaban J connectivity index is 1.36. The second kappa shape index (κ2) is 10.9. The van der Waals surface area contributed by atoms with Gasteiger partial charge in [-0.05, 0) is 70.8 Å². The fourth-order valence-corrected chi connectivity index (χ4v) is 4.18. The van der Waals surface area contributed by atoms with Gasteiger partial charge in [0.15, 0.2) is 5.75 Å². The standard InChI is InChI=1S/C26H20BrCl2N3O2/c1-16-10-21(8-9-22(16)27)31-26(33)32-30-14-18-12-23(28)25(24(29)13-18)34-15-17-6-7-19-4-2-3-5-20(19)11-17/h2-14H,15H2,1H3,(H2,31,32,33)/b30-14+. The third-order valence-electron chi connectivity index (χ3n) is 5.01. The Morgan fingerprint density at radius 2 is 1.74 bits per heavy atom. The average molecular weight is 557 g/mol. The van der Waals surface area contributed by atoms with Crippen LogP contribution in [0.3, 0.4) is 0 Å². The molecule has 0 aliphatic heterocycles. The van der Waals surface area contributed by atoms with Crippen LogP contribution >= 0.6 is 39.1 Å². The molecule has 34 heavy (non-hydrogen) atoms. The molecule has 4 rings (SSSR count). The quantitative estimate of drug-likeness (QED) is 0.187. The van der Waals surface area contributed by atoms with Crippen LogP contribution in [0, 0.1) is 6.92 Å². The van der Waals surface area contributed by atoms with Gasteiger partial charge in [0.25, 0.3) is 0 Å². The first kappa shape index (κ1) is 24.1. The number of hydrazone groups is 1. The maximum atomic E-state index is 12.1. The van der Waals surface area contributed by atoms with Crippen molar-refractivity contribution in [1.82, 2.24) is 5.43 Å². The lowest BCUT2D eigenvalue weighted by atomic mass is 10.1. The summed E-state index contributed by atoms with van der Waals surface area (Å²) < 4.78 is 6.86. The molecule has 4 aromatic carbocycles. The number of ether oxygens (including phenoxy) is 1. The van der Waals surface area contributed by atoms with Crippen molar-refractivity contribution < 1.29 is 9.53 Å². The number of benzene rings is 4. The fourth-order valence-electron chi connectivity index (χ4n) is 3.32. The second-order valence-electron chi connectivity index (χ2n) is 7.57. The normalized spacial score (nSPS) is 11.1. The number of rotatable bonds is 6. The van der Waals surface area contributed by atoms with Crippen molar-refractivity contribution in [3.63, 3.8) is 0 Å². The van der Waals surface area contributed by atoms with Gasteiger partial charge < -0.3 is 10.1 Å². The van der Waals surface area contributed by atoms with Gasteiger partial charge in [0, 0.05) is 10.2 Å². The van der Waals surface area contributed by atoms with Crippen LogP contribution in [0.5, 0.6) is 5.75 Å². The summed E-state index contributed by atoms with van der Waals surface area (Å²) >= 11 is 16.2. The number of nitrogens with one attached hydrogen (secondary N) is 2. The van der Waals surface area contributed by atoms with Crippen LogP contribution in [0.2, 0.25) is 10.0 Å².